The summed E-state index contributed by atoms with van der Waals surface area (Å²) in [6.07, 6.45) is 0.929. The van der Waals surface area contributed by atoms with Crippen LogP contribution in [-0.4, -0.2) is 39.3 Å². The summed E-state index contributed by atoms with van der Waals surface area (Å²) in [7, 11) is 1.68. The lowest BCUT2D eigenvalue weighted by atomic mass is 10.1. The van der Waals surface area contributed by atoms with Crippen LogP contribution in [0.3, 0.4) is 0 Å². The third-order valence-electron chi connectivity index (χ3n) is 3.83. The predicted octanol–water partition coefficient (Wildman–Crippen LogP) is 3.63. The van der Waals surface area contributed by atoms with Crippen LogP contribution in [0, 0.1) is 0 Å². The molecule has 0 bridgehead atoms. The number of methoxy groups -OCH3 is 1. The minimum atomic E-state index is 0. The highest BCUT2D eigenvalue weighted by Crippen LogP contribution is 2.11. The zero-order chi connectivity index (χ0) is 18.5. The van der Waals surface area contributed by atoms with Crippen LogP contribution < -0.4 is 15.4 Å². The second-order valence-corrected chi connectivity index (χ2v) is 5.82. The molecule has 6 heteroatoms. The SMILES string of the molecule is CCNC(=NCCOCc1ccccc1)NCCc1ccc(OC)cc1.I. The molecule has 0 amide bonds. The quantitative estimate of drug-likeness (QED) is 0.235. The summed E-state index contributed by atoms with van der Waals surface area (Å²) in [5.74, 6) is 1.71. The van der Waals surface area contributed by atoms with Gasteiger partial charge >= 0.3 is 0 Å². The minimum Gasteiger partial charge on any atom is -0.497 e. The highest BCUT2D eigenvalue weighted by atomic mass is 127. The normalized spacial score (nSPS) is 10.8. The molecule has 27 heavy (non-hydrogen) atoms. The summed E-state index contributed by atoms with van der Waals surface area (Å²) in [5, 5.41) is 6.62. The fourth-order valence-corrected chi connectivity index (χ4v) is 2.45. The van der Waals surface area contributed by atoms with Crippen molar-refractivity contribution < 1.29 is 9.47 Å². The van der Waals surface area contributed by atoms with Crippen LogP contribution in [0.15, 0.2) is 59.6 Å². The molecule has 0 saturated carbocycles. The van der Waals surface area contributed by atoms with Crippen LogP contribution in [-0.2, 0) is 17.8 Å². The van der Waals surface area contributed by atoms with Gasteiger partial charge in [0, 0.05) is 13.1 Å². The lowest BCUT2D eigenvalue weighted by molar-refractivity contribution is 0.128. The van der Waals surface area contributed by atoms with Crippen molar-refractivity contribution in [2.75, 3.05) is 33.4 Å². The molecular weight excluding hydrogens is 453 g/mol. The Morgan fingerprint density at radius 1 is 0.963 bits per heavy atom. The number of ether oxygens (including phenoxy) is 2. The molecule has 0 heterocycles. The molecule has 0 saturated heterocycles. The number of halogens is 1. The van der Waals surface area contributed by atoms with E-state index >= 15 is 0 Å². The van der Waals surface area contributed by atoms with Gasteiger partial charge in [0.2, 0.25) is 0 Å². The van der Waals surface area contributed by atoms with Crippen LogP contribution in [0.1, 0.15) is 18.1 Å². The lowest BCUT2D eigenvalue weighted by Crippen LogP contribution is -2.38. The van der Waals surface area contributed by atoms with Gasteiger partial charge in [-0.15, -0.1) is 24.0 Å². The molecule has 0 aromatic heterocycles. The number of guanidine groups is 1. The van der Waals surface area contributed by atoms with Crippen LogP contribution in [0.5, 0.6) is 5.75 Å². The van der Waals surface area contributed by atoms with Gasteiger partial charge < -0.3 is 20.1 Å². The molecule has 2 rings (SSSR count). The summed E-state index contributed by atoms with van der Waals surface area (Å²) in [4.78, 5) is 4.55. The molecule has 2 N–H and O–H groups in total. The van der Waals surface area contributed by atoms with Crippen molar-refractivity contribution in [1.82, 2.24) is 10.6 Å². The summed E-state index contributed by atoms with van der Waals surface area (Å²) in [6.45, 7) is 5.57. The van der Waals surface area contributed by atoms with Gasteiger partial charge in [0.1, 0.15) is 5.75 Å². The fourth-order valence-electron chi connectivity index (χ4n) is 2.45. The van der Waals surface area contributed by atoms with E-state index in [9.17, 15) is 0 Å². The van der Waals surface area contributed by atoms with Crippen molar-refractivity contribution >= 4 is 29.9 Å². The van der Waals surface area contributed by atoms with E-state index in [1.54, 1.807) is 7.11 Å². The lowest BCUT2D eigenvalue weighted by Gasteiger charge is -2.11. The van der Waals surface area contributed by atoms with Crippen molar-refractivity contribution in [3.63, 3.8) is 0 Å². The van der Waals surface area contributed by atoms with Crippen LogP contribution >= 0.6 is 24.0 Å². The van der Waals surface area contributed by atoms with E-state index < -0.39 is 0 Å². The Bertz CT molecular complexity index is 648. The third-order valence-corrected chi connectivity index (χ3v) is 3.83. The topological polar surface area (TPSA) is 54.9 Å². The average molecular weight is 483 g/mol. The molecule has 0 aliphatic carbocycles. The monoisotopic (exact) mass is 483 g/mol. The number of aliphatic imine (C=N–C) groups is 1. The van der Waals surface area contributed by atoms with Gasteiger partial charge in [-0.3, -0.25) is 4.99 Å². The van der Waals surface area contributed by atoms with Gasteiger partial charge in [-0.1, -0.05) is 42.5 Å². The van der Waals surface area contributed by atoms with Crippen LogP contribution in [0.25, 0.3) is 0 Å². The zero-order valence-corrected chi connectivity index (χ0v) is 18.4. The molecule has 148 valence electrons. The smallest absolute Gasteiger partial charge is 0.191 e. The zero-order valence-electron chi connectivity index (χ0n) is 16.1. The van der Waals surface area contributed by atoms with Gasteiger partial charge in [-0.2, -0.15) is 0 Å². The molecule has 0 atom stereocenters. The van der Waals surface area contributed by atoms with Crippen LogP contribution in [0.2, 0.25) is 0 Å². The summed E-state index contributed by atoms with van der Waals surface area (Å²) >= 11 is 0. The largest absolute Gasteiger partial charge is 0.497 e. The first-order chi connectivity index (χ1) is 12.8. The number of hydrogen-bond donors (Lipinski definition) is 2. The van der Waals surface area contributed by atoms with Gasteiger partial charge in [-0.25, -0.2) is 0 Å². The van der Waals surface area contributed by atoms with Gasteiger partial charge in [-0.05, 0) is 36.6 Å². The predicted molar refractivity (Wildman–Crippen MR) is 122 cm³/mol. The van der Waals surface area contributed by atoms with Gasteiger partial charge in [0.25, 0.3) is 0 Å². The fraction of sp³-hybridized carbons (Fsp3) is 0.381. The molecule has 0 aliphatic heterocycles. The Morgan fingerprint density at radius 2 is 1.70 bits per heavy atom. The van der Waals surface area contributed by atoms with E-state index in [2.05, 4.69) is 46.8 Å². The third kappa shape index (κ3) is 9.63. The van der Waals surface area contributed by atoms with E-state index in [0.29, 0.717) is 19.8 Å². The highest BCUT2D eigenvalue weighted by molar-refractivity contribution is 14.0. The Balaban J connectivity index is 0.00000364. The number of benzene rings is 2. The Labute approximate surface area is 179 Å². The maximum Gasteiger partial charge on any atom is 0.191 e. The first-order valence-electron chi connectivity index (χ1n) is 9.08. The van der Waals surface area contributed by atoms with Crippen molar-refractivity contribution in [1.29, 1.82) is 0 Å². The van der Waals surface area contributed by atoms with Crippen LogP contribution in [0.4, 0.5) is 0 Å². The highest BCUT2D eigenvalue weighted by Gasteiger charge is 1.99. The molecule has 0 fully saturated rings. The number of nitrogens with one attached hydrogen (secondary N) is 2. The summed E-state index contributed by atoms with van der Waals surface area (Å²) in [6, 6.07) is 18.3. The summed E-state index contributed by atoms with van der Waals surface area (Å²) < 4.78 is 10.8. The molecule has 0 radical (unpaired) electrons. The Hall–Kier alpha value is -1.80. The number of rotatable bonds is 10. The van der Waals surface area contributed by atoms with Gasteiger partial charge in [0.15, 0.2) is 5.96 Å². The number of nitrogens with zero attached hydrogens (tertiary/aromatic N) is 1. The summed E-state index contributed by atoms with van der Waals surface area (Å²) in [5.41, 5.74) is 2.45. The van der Waals surface area contributed by atoms with E-state index in [1.807, 2.05) is 30.3 Å². The van der Waals surface area contributed by atoms with Crippen molar-refractivity contribution in [2.45, 2.75) is 20.0 Å². The van der Waals surface area contributed by atoms with E-state index in [1.165, 1.54) is 11.1 Å². The van der Waals surface area contributed by atoms with E-state index in [-0.39, 0.29) is 24.0 Å². The van der Waals surface area contributed by atoms with Crippen molar-refractivity contribution in [3.8, 4) is 5.75 Å². The first kappa shape index (κ1) is 23.2. The van der Waals surface area contributed by atoms with Crippen molar-refractivity contribution in [3.05, 3.63) is 65.7 Å². The van der Waals surface area contributed by atoms with E-state index in [0.717, 1.165) is 31.2 Å². The van der Waals surface area contributed by atoms with Crippen molar-refractivity contribution in [2.24, 2.45) is 4.99 Å². The second-order valence-electron chi connectivity index (χ2n) is 5.82. The standard InChI is InChI=1S/C21H29N3O2.HI/c1-3-22-21(23-14-13-18-9-11-20(25-2)12-10-18)24-15-16-26-17-19-7-5-4-6-8-19;/h4-12H,3,13-17H2,1-2H3,(H2,22,23,24);1H. The molecule has 0 spiro atoms. The molecule has 0 aliphatic rings. The number of hydrogen-bond acceptors (Lipinski definition) is 3. The first-order valence-corrected chi connectivity index (χ1v) is 9.08. The minimum absolute atomic E-state index is 0. The molecule has 2 aromatic rings. The Morgan fingerprint density at radius 3 is 2.37 bits per heavy atom. The van der Waals surface area contributed by atoms with Gasteiger partial charge in [0.05, 0.1) is 26.9 Å². The maximum atomic E-state index is 5.67. The molecule has 5 nitrogen and oxygen atoms in total. The second kappa shape index (κ2) is 14.3. The molecule has 0 unspecified atom stereocenters. The van der Waals surface area contributed by atoms with E-state index in [4.69, 9.17) is 9.47 Å². The maximum absolute atomic E-state index is 5.67. The Kier molecular flexibility index (Phi) is 12.3. The molecular formula is C21H30IN3O2. The molecule has 2 aromatic carbocycles. The average Bonchev–Trinajstić information content (AvgIpc) is 2.69.